The smallest absolute Gasteiger partial charge is 0.0972 e. The zero-order valence-electron chi connectivity index (χ0n) is 11.2. The van der Waals surface area contributed by atoms with Gasteiger partial charge in [-0.25, -0.2) is 0 Å². The molecule has 0 aliphatic heterocycles. The third-order valence-electron chi connectivity index (χ3n) is 3.88. The van der Waals surface area contributed by atoms with Crippen LogP contribution in [-0.4, -0.2) is 35.0 Å². The summed E-state index contributed by atoms with van der Waals surface area (Å²) >= 11 is 0. The summed E-state index contributed by atoms with van der Waals surface area (Å²) in [5.74, 6) is 0.641. The molecular formula is C15H23NO2. The Labute approximate surface area is 109 Å². The summed E-state index contributed by atoms with van der Waals surface area (Å²) in [7, 11) is 0. The number of aryl methyl sites for hydroxylation is 1. The number of hydrogen-bond donors (Lipinski definition) is 3. The first-order chi connectivity index (χ1) is 8.52. The summed E-state index contributed by atoms with van der Waals surface area (Å²) in [4.78, 5) is 0. The van der Waals surface area contributed by atoms with Crippen molar-refractivity contribution in [3.05, 3.63) is 35.4 Å². The van der Waals surface area contributed by atoms with Gasteiger partial charge in [-0.3, -0.25) is 0 Å². The third-order valence-corrected chi connectivity index (χ3v) is 3.88. The maximum Gasteiger partial charge on any atom is 0.0972 e. The minimum Gasteiger partial charge on any atom is -0.393 e. The first kappa shape index (κ1) is 13.5. The zero-order valence-corrected chi connectivity index (χ0v) is 11.2. The van der Waals surface area contributed by atoms with Crippen LogP contribution in [0.3, 0.4) is 0 Å². The van der Waals surface area contributed by atoms with Crippen molar-refractivity contribution in [1.82, 2.24) is 5.32 Å². The number of hydrogen-bond acceptors (Lipinski definition) is 3. The summed E-state index contributed by atoms with van der Waals surface area (Å²) in [5.41, 5.74) is 1.81. The highest BCUT2D eigenvalue weighted by molar-refractivity contribution is 5.31. The number of rotatable bonds is 5. The van der Waals surface area contributed by atoms with Crippen molar-refractivity contribution in [2.24, 2.45) is 0 Å². The van der Waals surface area contributed by atoms with Gasteiger partial charge in [-0.15, -0.1) is 0 Å². The van der Waals surface area contributed by atoms with Crippen molar-refractivity contribution < 1.29 is 10.2 Å². The van der Waals surface area contributed by atoms with Gasteiger partial charge in [-0.2, -0.15) is 0 Å². The van der Waals surface area contributed by atoms with Gasteiger partial charge in [0, 0.05) is 12.6 Å². The molecule has 0 aromatic heterocycles. The monoisotopic (exact) mass is 249 g/mol. The van der Waals surface area contributed by atoms with Crippen molar-refractivity contribution in [3.8, 4) is 0 Å². The molecule has 1 aliphatic rings. The molecule has 0 amide bonds. The normalized spacial score (nSPS) is 26.4. The fraction of sp³-hybridized carbons (Fsp3) is 0.600. The van der Waals surface area contributed by atoms with Gasteiger partial charge in [-0.05, 0) is 43.7 Å². The highest BCUT2D eigenvalue weighted by Crippen LogP contribution is 2.38. The predicted octanol–water partition coefficient (Wildman–Crippen LogP) is 1.57. The Bertz CT molecular complexity index is 397. The maximum absolute atomic E-state index is 9.71. The van der Waals surface area contributed by atoms with Gasteiger partial charge in [0.1, 0.15) is 0 Å². The average Bonchev–Trinajstić information content (AvgIpc) is 2.29. The second kappa shape index (κ2) is 5.39. The highest BCUT2D eigenvalue weighted by Gasteiger charge is 2.32. The Hall–Kier alpha value is -0.900. The van der Waals surface area contributed by atoms with Crippen molar-refractivity contribution in [3.63, 3.8) is 0 Å². The molecule has 3 heteroatoms. The number of nitrogens with one attached hydrogen (secondary N) is 1. The van der Waals surface area contributed by atoms with Gasteiger partial charge in [0.25, 0.3) is 0 Å². The molecule has 1 aromatic rings. The van der Waals surface area contributed by atoms with Crippen LogP contribution in [0, 0.1) is 6.92 Å². The van der Waals surface area contributed by atoms with E-state index in [9.17, 15) is 5.11 Å². The minimum absolute atomic E-state index is 0.200. The Balaban J connectivity index is 1.79. The standard InChI is InChI=1S/C15H23NO2/c1-11-5-3-4-6-14(11)12-7-13(8-12)16-9-15(2,18)10-17/h3-6,12-13,16-18H,7-10H2,1-2H3. The quantitative estimate of drug-likeness (QED) is 0.742. The summed E-state index contributed by atoms with van der Waals surface area (Å²) < 4.78 is 0. The van der Waals surface area contributed by atoms with Crippen LogP contribution in [0.15, 0.2) is 24.3 Å². The molecule has 100 valence electrons. The van der Waals surface area contributed by atoms with Gasteiger partial charge in [0.05, 0.1) is 12.2 Å². The average molecular weight is 249 g/mol. The maximum atomic E-state index is 9.71. The zero-order chi connectivity index (χ0) is 13.2. The van der Waals surface area contributed by atoms with Crippen molar-refractivity contribution >= 4 is 0 Å². The first-order valence-corrected chi connectivity index (χ1v) is 6.64. The van der Waals surface area contributed by atoms with Crippen LogP contribution in [0.1, 0.15) is 36.8 Å². The molecule has 0 radical (unpaired) electrons. The molecule has 1 fully saturated rings. The van der Waals surface area contributed by atoms with Gasteiger partial charge >= 0.3 is 0 Å². The van der Waals surface area contributed by atoms with E-state index in [2.05, 4.69) is 36.5 Å². The van der Waals surface area contributed by atoms with Crippen LogP contribution in [-0.2, 0) is 0 Å². The van der Waals surface area contributed by atoms with Crippen LogP contribution in [0.4, 0.5) is 0 Å². The van der Waals surface area contributed by atoms with E-state index >= 15 is 0 Å². The minimum atomic E-state index is -1.01. The molecule has 1 unspecified atom stereocenters. The largest absolute Gasteiger partial charge is 0.393 e. The molecule has 1 saturated carbocycles. The molecule has 1 aliphatic carbocycles. The van der Waals surface area contributed by atoms with E-state index in [1.165, 1.54) is 11.1 Å². The molecule has 3 N–H and O–H groups in total. The fourth-order valence-electron chi connectivity index (χ4n) is 2.50. The molecule has 0 saturated heterocycles. The van der Waals surface area contributed by atoms with E-state index in [-0.39, 0.29) is 6.61 Å². The SMILES string of the molecule is Cc1ccccc1C1CC(NCC(C)(O)CO)C1. The molecule has 0 heterocycles. The Morgan fingerprint density at radius 2 is 2.00 bits per heavy atom. The van der Waals surface area contributed by atoms with Crippen LogP contribution < -0.4 is 5.32 Å². The van der Waals surface area contributed by atoms with Crippen LogP contribution >= 0.6 is 0 Å². The molecular weight excluding hydrogens is 226 g/mol. The summed E-state index contributed by atoms with van der Waals surface area (Å²) in [6.45, 7) is 4.06. The van der Waals surface area contributed by atoms with E-state index in [0.29, 0.717) is 18.5 Å². The number of benzene rings is 1. The van der Waals surface area contributed by atoms with Gasteiger partial charge < -0.3 is 15.5 Å². The summed E-state index contributed by atoms with van der Waals surface area (Å²) in [6.07, 6.45) is 2.23. The second-order valence-electron chi connectivity index (χ2n) is 5.76. The molecule has 2 rings (SSSR count). The lowest BCUT2D eigenvalue weighted by molar-refractivity contribution is -0.00186. The van der Waals surface area contributed by atoms with Crippen LogP contribution in [0.5, 0.6) is 0 Å². The van der Waals surface area contributed by atoms with Gasteiger partial charge in [0.2, 0.25) is 0 Å². The van der Waals surface area contributed by atoms with Crippen molar-refractivity contribution in [2.75, 3.05) is 13.2 Å². The molecule has 1 aromatic carbocycles. The summed E-state index contributed by atoms with van der Waals surface area (Å²) in [5, 5.41) is 22.0. The van der Waals surface area contributed by atoms with E-state index in [1.54, 1.807) is 6.92 Å². The lowest BCUT2D eigenvalue weighted by Gasteiger charge is -2.38. The molecule has 18 heavy (non-hydrogen) atoms. The van der Waals surface area contributed by atoms with Crippen molar-refractivity contribution in [2.45, 2.75) is 44.2 Å². The highest BCUT2D eigenvalue weighted by atomic mass is 16.3. The third kappa shape index (κ3) is 3.10. The van der Waals surface area contributed by atoms with E-state index in [1.807, 2.05) is 0 Å². The topological polar surface area (TPSA) is 52.5 Å². The Morgan fingerprint density at radius 1 is 1.33 bits per heavy atom. The van der Waals surface area contributed by atoms with Crippen molar-refractivity contribution in [1.29, 1.82) is 0 Å². The Morgan fingerprint density at radius 3 is 2.61 bits per heavy atom. The molecule has 0 bridgehead atoms. The predicted molar refractivity (Wildman–Crippen MR) is 72.7 cm³/mol. The van der Waals surface area contributed by atoms with Gasteiger partial charge in [-0.1, -0.05) is 24.3 Å². The number of aliphatic hydroxyl groups is 2. The van der Waals surface area contributed by atoms with E-state index < -0.39 is 5.60 Å². The second-order valence-corrected chi connectivity index (χ2v) is 5.76. The lowest BCUT2D eigenvalue weighted by atomic mass is 9.74. The van der Waals surface area contributed by atoms with E-state index in [4.69, 9.17) is 5.11 Å². The fourth-order valence-corrected chi connectivity index (χ4v) is 2.50. The van der Waals surface area contributed by atoms with Crippen LogP contribution in [0.2, 0.25) is 0 Å². The molecule has 3 nitrogen and oxygen atoms in total. The number of aliphatic hydroxyl groups excluding tert-OH is 1. The van der Waals surface area contributed by atoms with E-state index in [0.717, 1.165) is 12.8 Å². The Kier molecular flexibility index (Phi) is 4.05. The molecule has 0 spiro atoms. The lowest BCUT2D eigenvalue weighted by Crippen LogP contribution is -2.48. The molecule has 1 atom stereocenters. The van der Waals surface area contributed by atoms with Crippen LogP contribution in [0.25, 0.3) is 0 Å². The first-order valence-electron chi connectivity index (χ1n) is 6.64. The van der Waals surface area contributed by atoms with Gasteiger partial charge in [0.15, 0.2) is 0 Å². The summed E-state index contributed by atoms with van der Waals surface area (Å²) in [6, 6.07) is 9.01.